The maximum absolute atomic E-state index is 13.5. The van der Waals surface area contributed by atoms with Gasteiger partial charge in [0.15, 0.2) is 5.11 Å². The number of carbonyl (C=O) groups excluding carboxylic acids is 2. The Bertz CT molecular complexity index is 1050. The van der Waals surface area contributed by atoms with Crippen LogP contribution < -0.4 is 4.90 Å². The van der Waals surface area contributed by atoms with Crippen molar-refractivity contribution in [3.63, 3.8) is 0 Å². The minimum atomic E-state index is -4.72. The van der Waals surface area contributed by atoms with E-state index < -0.39 is 28.7 Å². The van der Waals surface area contributed by atoms with Crippen molar-refractivity contribution in [2.75, 3.05) is 44.2 Å². The molecule has 0 N–H and O–H groups in total. The van der Waals surface area contributed by atoms with E-state index in [1.54, 1.807) is 24.8 Å². The molecule has 2 heterocycles. The number of nitrogens with zero attached hydrogens (tertiary/aromatic N) is 5. The molecule has 0 aliphatic carbocycles. The normalized spacial score (nSPS) is 18.6. The predicted octanol–water partition coefficient (Wildman–Crippen LogP) is 4.01. The number of hydrogen-bond donors (Lipinski definition) is 0. The molecule has 1 aromatic carbocycles. The summed E-state index contributed by atoms with van der Waals surface area (Å²) < 4.78 is 40.4. The quantitative estimate of drug-likeness (QED) is 0.379. The topological polar surface area (TPSA) is 70.9 Å². The van der Waals surface area contributed by atoms with E-state index in [2.05, 4.69) is 4.90 Å². The van der Waals surface area contributed by atoms with Gasteiger partial charge in [-0.25, -0.2) is 0 Å². The lowest BCUT2D eigenvalue weighted by molar-refractivity contribution is -0.138. The fourth-order valence-corrected chi connectivity index (χ4v) is 5.18. The lowest BCUT2D eigenvalue weighted by Crippen LogP contribution is -2.48. The summed E-state index contributed by atoms with van der Waals surface area (Å²) in [5.41, 5.74) is -2.58. The van der Waals surface area contributed by atoms with Crippen molar-refractivity contribution in [1.29, 1.82) is 5.26 Å². The number of thiocarbonyl (C=S) groups is 1. The van der Waals surface area contributed by atoms with Crippen LogP contribution in [0.25, 0.3) is 0 Å². The zero-order valence-electron chi connectivity index (χ0n) is 20.9. The van der Waals surface area contributed by atoms with E-state index in [1.807, 2.05) is 11.8 Å². The highest BCUT2D eigenvalue weighted by atomic mass is 32.1. The molecule has 0 radical (unpaired) electrons. The van der Waals surface area contributed by atoms with Crippen LogP contribution in [0, 0.1) is 11.3 Å². The van der Waals surface area contributed by atoms with E-state index in [0.717, 1.165) is 69.0 Å². The summed E-state index contributed by atoms with van der Waals surface area (Å²) in [6.45, 7) is 9.98. The molecule has 0 unspecified atom stereocenters. The number of nitriles is 1. The number of amides is 2. The highest BCUT2D eigenvalue weighted by Gasteiger charge is 2.49. The molecule has 2 aliphatic rings. The largest absolute Gasteiger partial charge is 0.417 e. The lowest BCUT2D eigenvalue weighted by Gasteiger charge is -2.34. The summed E-state index contributed by atoms with van der Waals surface area (Å²) in [7, 11) is 0. The van der Waals surface area contributed by atoms with E-state index >= 15 is 0 Å². The first-order valence-electron chi connectivity index (χ1n) is 12.2. The minimum Gasteiger partial charge on any atom is -0.340 e. The number of anilines is 1. The Labute approximate surface area is 215 Å². The summed E-state index contributed by atoms with van der Waals surface area (Å²) in [4.78, 5) is 32.1. The summed E-state index contributed by atoms with van der Waals surface area (Å²) in [6.07, 6.45) is -1.54. The van der Waals surface area contributed by atoms with Crippen LogP contribution in [0.2, 0.25) is 0 Å². The van der Waals surface area contributed by atoms with Gasteiger partial charge in [0.2, 0.25) is 5.91 Å². The van der Waals surface area contributed by atoms with Gasteiger partial charge in [0.1, 0.15) is 5.54 Å². The summed E-state index contributed by atoms with van der Waals surface area (Å²) in [5.74, 6) is -0.206. The maximum Gasteiger partial charge on any atom is 0.417 e. The van der Waals surface area contributed by atoms with Gasteiger partial charge in [0, 0.05) is 39.1 Å². The van der Waals surface area contributed by atoms with Crippen molar-refractivity contribution in [1.82, 2.24) is 14.7 Å². The van der Waals surface area contributed by atoms with Crippen molar-refractivity contribution in [3.05, 3.63) is 29.3 Å². The average molecular weight is 524 g/mol. The van der Waals surface area contributed by atoms with Gasteiger partial charge in [-0.15, -0.1) is 0 Å². The number of unbranched alkanes of at least 4 members (excludes halogenated alkanes) is 2. The average Bonchev–Trinajstić information content (AvgIpc) is 3.01. The highest BCUT2D eigenvalue weighted by molar-refractivity contribution is 7.80. The van der Waals surface area contributed by atoms with Crippen LogP contribution >= 0.6 is 12.2 Å². The van der Waals surface area contributed by atoms with Gasteiger partial charge in [-0.2, -0.15) is 18.4 Å². The molecule has 2 saturated heterocycles. The van der Waals surface area contributed by atoms with Crippen LogP contribution in [0.4, 0.5) is 18.9 Å². The van der Waals surface area contributed by atoms with E-state index in [9.17, 15) is 22.8 Å². The fourth-order valence-electron chi connectivity index (χ4n) is 4.67. The molecule has 2 fully saturated rings. The van der Waals surface area contributed by atoms with E-state index in [0.29, 0.717) is 13.0 Å². The van der Waals surface area contributed by atoms with Crippen molar-refractivity contribution in [2.24, 2.45) is 0 Å². The number of hydrogen-bond acceptors (Lipinski definition) is 5. The molecular weight excluding hydrogens is 491 g/mol. The standard InChI is InChI=1S/C25H32F3N5O2S/c1-4-21(34)31-14-12-30(13-15-31)10-6-5-7-11-32-23(36)33(22(35)24(32,2)3)19-9-8-18(17-29)20(16-19)25(26,27)28/h8-9,16H,4-7,10-15H2,1-3H3. The zero-order chi connectivity index (χ0) is 26.7. The van der Waals surface area contributed by atoms with Crippen LogP contribution in [0.15, 0.2) is 18.2 Å². The maximum atomic E-state index is 13.5. The molecule has 0 aromatic heterocycles. The Morgan fingerprint density at radius 3 is 2.33 bits per heavy atom. The monoisotopic (exact) mass is 523 g/mol. The van der Waals surface area contributed by atoms with Crippen LogP contribution in [-0.4, -0.2) is 76.4 Å². The SMILES string of the molecule is CCC(=O)N1CCN(CCCCCN2C(=S)N(c3ccc(C#N)c(C(F)(F)F)c3)C(=O)C2(C)C)CC1. The molecule has 0 spiro atoms. The number of piperazine rings is 1. The molecule has 1 aromatic rings. The Morgan fingerprint density at radius 1 is 1.11 bits per heavy atom. The third kappa shape index (κ3) is 5.81. The van der Waals surface area contributed by atoms with E-state index in [1.165, 1.54) is 6.07 Å². The van der Waals surface area contributed by atoms with Crippen molar-refractivity contribution >= 4 is 34.8 Å². The first-order chi connectivity index (χ1) is 16.9. The van der Waals surface area contributed by atoms with Crippen LogP contribution in [-0.2, 0) is 15.8 Å². The minimum absolute atomic E-state index is 0.00703. The zero-order valence-corrected chi connectivity index (χ0v) is 21.7. The van der Waals surface area contributed by atoms with E-state index in [4.69, 9.17) is 17.5 Å². The number of alkyl halides is 3. The number of benzene rings is 1. The molecule has 36 heavy (non-hydrogen) atoms. The molecule has 0 saturated carbocycles. The molecule has 11 heteroatoms. The van der Waals surface area contributed by atoms with Gasteiger partial charge in [-0.05, 0) is 63.7 Å². The summed E-state index contributed by atoms with van der Waals surface area (Å²) in [5, 5.41) is 9.22. The van der Waals surface area contributed by atoms with Gasteiger partial charge >= 0.3 is 6.18 Å². The second-order valence-electron chi connectivity index (χ2n) is 9.61. The number of carbonyl (C=O) groups is 2. The van der Waals surface area contributed by atoms with Crippen LogP contribution in [0.1, 0.15) is 57.6 Å². The molecule has 0 atom stereocenters. The number of halogens is 3. The second-order valence-corrected chi connectivity index (χ2v) is 9.98. The Balaban J connectivity index is 1.57. The van der Waals surface area contributed by atoms with Crippen molar-refractivity contribution < 1.29 is 22.8 Å². The predicted molar refractivity (Wildman–Crippen MR) is 134 cm³/mol. The third-order valence-electron chi connectivity index (χ3n) is 6.89. The van der Waals surface area contributed by atoms with Gasteiger partial charge in [0.25, 0.3) is 5.91 Å². The third-order valence-corrected chi connectivity index (χ3v) is 7.30. The van der Waals surface area contributed by atoms with Crippen molar-refractivity contribution in [3.8, 4) is 6.07 Å². The summed E-state index contributed by atoms with van der Waals surface area (Å²) in [6, 6.07) is 4.76. The molecule has 196 valence electrons. The molecule has 2 amide bonds. The highest BCUT2D eigenvalue weighted by Crippen LogP contribution is 2.38. The Kier molecular flexibility index (Phi) is 8.62. The molecular formula is C25H32F3N5O2S. The lowest BCUT2D eigenvalue weighted by atomic mass is 10.0. The van der Waals surface area contributed by atoms with Gasteiger partial charge in [-0.3, -0.25) is 19.4 Å². The van der Waals surface area contributed by atoms with Crippen LogP contribution in [0.3, 0.4) is 0 Å². The number of rotatable bonds is 8. The van der Waals surface area contributed by atoms with E-state index in [-0.39, 0.29) is 16.7 Å². The van der Waals surface area contributed by atoms with Crippen LogP contribution in [0.5, 0.6) is 0 Å². The van der Waals surface area contributed by atoms with Gasteiger partial charge in [-0.1, -0.05) is 13.3 Å². The van der Waals surface area contributed by atoms with Gasteiger partial charge < -0.3 is 9.80 Å². The first kappa shape index (κ1) is 27.9. The fraction of sp³-hybridized carbons (Fsp3) is 0.600. The second kappa shape index (κ2) is 11.1. The molecule has 3 rings (SSSR count). The smallest absolute Gasteiger partial charge is 0.340 e. The molecule has 2 aliphatic heterocycles. The first-order valence-corrected chi connectivity index (χ1v) is 12.6. The molecule has 0 bridgehead atoms. The Morgan fingerprint density at radius 2 is 1.75 bits per heavy atom. The van der Waals surface area contributed by atoms with Gasteiger partial charge in [0.05, 0.1) is 22.9 Å². The molecule has 7 nitrogen and oxygen atoms in total. The Hall–Kier alpha value is -2.71. The van der Waals surface area contributed by atoms with Crippen molar-refractivity contribution in [2.45, 2.75) is 58.2 Å². The summed E-state index contributed by atoms with van der Waals surface area (Å²) >= 11 is 5.53.